The molecule has 0 unspecified atom stereocenters. The third-order valence-corrected chi connectivity index (χ3v) is 5.26. The molecule has 0 heterocycles. The Morgan fingerprint density at radius 3 is 2.62 bits per heavy atom. The van der Waals surface area contributed by atoms with Crippen LogP contribution in [0.25, 0.3) is 0 Å². The van der Waals surface area contributed by atoms with Gasteiger partial charge in [0.1, 0.15) is 0 Å². The molecule has 2 aromatic carbocycles. The number of rotatable bonds is 8. The summed E-state index contributed by atoms with van der Waals surface area (Å²) in [4.78, 5) is 23.8. The van der Waals surface area contributed by atoms with Gasteiger partial charge in [-0.2, -0.15) is 0 Å². The standard InChI is InChI=1S/C17H17ClN2O2S2/c18-13-5-3-4-12(8-13)9-23-11-17(22)20-14-6-1-2-7-15(14)24-10-16(19)21/h1-8H,9-11H2,(H2,19,21)(H,20,22). The first kappa shape index (κ1) is 18.7. The Morgan fingerprint density at radius 2 is 1.88 bits per heavy atom. The number of amides is 2. The highest BCUT2D eigenvalue weighted by Gasteiger charge is 2.08. The summed E-state index contributed by atoms with van der Waals surface area (Å²) in [6.07, 6.45) is 0. The van der Waals surface area contributed by atoms with Crippen LogP contribution in [0.4, 0.5) is 5.69 Å². The Hall–Kier alpha value is -1.63. The summed E-state index contributed by atoms with van der Waals surface area (Å²) < 4.78 is 0. The molecule has 24 heavy (non-hydrogen) atoms. The lowest BCUT2D eigenvalue weighted by atomic mass is 10.2. The molecule has 0 radical (unpaired) electrons. The van der Waals surface area contributed by atoms with E-state index in [0.717, 1.165) is 10.5 Å². The van der Waals surface area contributed by atoms with Gasteiger partial charge in [-0.3, -0.25) is 9.59 Å². The van der Waals surface area contributed by atoms with Crippen molar-refractivity contribution in [3.63, 3.8) is 0 Å². The number of para-hydroxylation sites is 1. The minimum atomic E-state index is -0.391. The van der Waals surface area contributed by atoms with Crippen molar-refractivity contribution in [2.45, 2.75) is 10.6 Å². The second kappa shape index (κ2) is 9.61. The van der Waals surface area contributed by atoms with Gasteiger partial charge in [0, 0.05) is 15.7 Å². The molecule has 0 aliphatic carbocycles. The van der Waals surface area contributed by atoms with Crippen LogP contribution in [0, 0.1) is 0 Å². The summed E-state index contributed by atoms with van der Waals surface area (Å²) in [5.41, 5.74) is 6.94. The van der Waals surface area contributed by atoms with Crippen LogP contribution in [-0.2, 0) is 15.3 Å². The van der Waals surface area contributed by atoms with E-state index in [2.05, 4.69) is 5.32 Å². The summed E-state index contributed by atoms with van der Waals surface area (Å²) in [5.74, 6) is 0.747. The van der Waals surface area contributed by atoms with Gasteiger partial charge in [-0.15, -0.1) is 23.5 Å². The Morgan fingerprint density at radius 1 is 1.08 bits per heavy atom. The fourth-order valence-electron chi connectivity index (χ4n) is 1.92. The highest BCUT2D eigenvalue weighted by Crippen LogP contribution is 2.27. The lowest BCUT2D eigenvalue weighted by molar-refractivity contribution is -0.115. The van der Waals surface area contributed by atoms with Gasteiger partial charge in [-0.25, -0.2) is 0 Å². The summed E-state index contributed by atoms with van der Waals surface area (Å²) in [6.45, 7) is 0. The van der Waals surface area contributed by atoms with E-state index in [9.17, 15) is 9.59 Å². The minimum absolute atomic E-state index is 0.0887. The molecule has 3 N–H and O–H groups in total. The summed E-state index contributed by atoms with van der Waals surface area (Å²) in [5, 5.41) is 3.57. The number of nitrogens with one attached hydrogen (secondary N) is 1. The average molecular weight is 381 g/mol. The molecule has 0 aliphatic rings. The zero-order valence-electron chi connectivity index (χ0n) is 12.8. The zero-order chi connectivity index (χ0) is 17.4. The maximum absolute atomic E-state index is 12.1. The van der Waals surface area contributed by atoms with Crippen LogP contribution in [0.5, 0.6) is 0 Å². The lowest BCUT2D eigenvalue weighted by Gasteiger charge is -2.10. The molecule has 0 atom stereocenters. The number of halogens is 1. The van der Waals surface area contributed by atoms with E-state index in [4.69, 9.17) is 17.3 Å². The van der Waals surface area contributed by atoms with Crippen LogP contribution in [0.2, 0.25) is 5.02 Å². The van der Waals surface area contributed by atoms with Crippen molar-refractivity contribution in [3.05, 3.63) is 59.1 Å². The molecule has 2 aromatic rings. The SMILES string of the molecule is NC(=O)CSc1ccccc1NC(=O)CSCc1cccc(Cl)c1. The van der Waals surface area contributed by atoms with Crippen molar-refractivity contribution >= 4 is 52.6 Å². The van der Waals surface area contributed by atoms with Gasteiger partial charge in [0.05, 0.1) is 17.2 Å². The van der Waals surface area contributed by atoms with Crippen molar-refractivity contribution in [3.8, 4) is 0 Å². The molecule has 7 heteroatoms. The maximum atomic E-state index is 12.1. The number of thioether (sulfide) groups is 2. The molecule has 126 valence electrons. The monoisotopic (exact) mass is 380 g/mol. The van der Waals surface area contributed by atoms with Crippen LogP contribution in [-0.4, -0.2) is 23.3 Å². The molecule has 4 nitrogen and oxygen atoms in total. The largest absolute Gasteiger partial charge is 0.369 e. The molecular formula is C17H17ClN2O2S2. The highest BCUT2D eigenvalue weighted by atomic mass is 35.5. The van der Waals surface area contributed by atoms with Gasteiger partial charge in [0.2, 0.25) is 11.8 Å². The molecule has 0 bridgehead atoms. The van der Waals surface area contributed by atoms with E-state index in [1.165, 1.54) is 23.5 Å². The second-order valence-corrected chi connectivity index (χ2v) is 7.36. The predicted molar refractivity (Wildman–Crippen MR) is 103 cm³/mol. The second-order valence-electron chi connectivity index (χ2n) is 4.92. The molecule has 2 rings (SSSR count). The third kappa shape index (κ3) is 6.47. The molecule has 0 spiro atoms. The molecule has 0 saturated carbocycles. The summed E-state index contributed by atoms with van der Waals surface area (Å²) >= 11 is 8.76. The number of carbonyl (C=O) groups excluding carboxylic acids is 2. The van der Waals surface area contributed by atoms with E-state index in [-0.39, 0.29) is 11.7 Å². The van der Waals surface area contributed by atoms with Gasteiger partial charge in [-0.1, -0.05) is 35.9 Å². The number of hydrogen-bond acceptors (Lipinski definition) is 4. The van der Waals surface area contributed by atoms with Crippen molar-refractivity contribution in [1.29, 1.82) is 0 Å². The first-order valence-corrected chi connectivity index (χ1v) is 9.68. The van der Waals surface area contributed by atoms with Crippen LogP contribution >= 0.6 is 35.1 Å². The molecular weight excluding hydrogens is 364 g/mol. The number of anilines is 1. The van der Waals surface area contributed by atoms with Crippen LogP contribution in [0.15, 0.2) is 53.4 Å². The van der Waals surface area contributed by atoms with E-state index in [1.54, 1.807) is 0 Å². The fraction of sp³-hybridized carbons (Fsp3) is 0.176. The van der Waals surface area contributed by atoms with Gasteiger partial charge in [0.25, 0.3) is 0 Å². The van der Waals surface area contributed by atoms with Crippen LogP contribution in [0.3, 0.4) is 0 Å². The van der Waals surface area contributed by atoms with Gasteiger partial charge < -0.3 is 11.1 Å². The number of primary amides is 1. The van der Waals surface area contributed by atoms with E-state index >= 15 is 0 Å². The maximum Gasteiger partial charge on any atom is 0.234 e. The van der Waals surface area contributed by atoms with E-state index in [1.807, 2.05) is 48.5 Å². The highest BCUT2D eigenvalue weighted by molar-refractivity contribution is 8.00. The van der Waals surface area contributed by atoms with Gasteiger partial charge >= 0.3 is 0 Å². The van der Waals surface area contributed by atoms with E-state index in [0.29, 0.717) is 22.2 Å². The van der Waals surface area contributed by atoms with Gasteiger partial charge in [-0.05, 0) is 29.8 Å². The normalized spacial score (nSPS) is 10.4. The van der Waals surface area contributed by atoms with Crippen molar-refractivity contribution < 1.29 is 9.59 Å². The van der Waals surface area contributed by atoms with Crippen molar-refractivity contribution in [1.82, 2.24) is 0 Å². The molecule has 2 amide bonds. The predicted octanol–water partition coefficient (Wildman–Crippen LogP) is 3.79. The molecule has 0 saturated heterocycles. The molecule has 0 aromatic heterocycles. The average Bonchev–Trinajstić information content (AvgIpc) is 2.54. The first-order chi connectivity index (χ1) is 11.5. The topological polar surface area (TPSA) is 72.2 Å². The molecule has 0 aliphatic heterocycles. The first-order valence-electron chi connectivity index (χ1n) is 7.17. The Bertz CT molecular complexity index is 725. The van der Waals surface area contributed by atoms with Crippen molar-refractivity contribution in [2.75, 3.05) is 16.8 Å². The van der Waals surface area contributed by atoms with Crippen LogP contribution in [0.1, 0.15) is 5.56 Å². The Balaban J connectivity index is 1.85. The lowest BCUT2D eigenvalue weighted by Crippen LogP contribution is -2.16. The summed E-state index contributed by atoms with van der Waals surface area (Å²) in [7, 11) is 0. The zero-order valence-corrected chi connectivity index (χ0v) is 15.2. The number of hydrogen-bond donors (Lipinski definition) is 2. The van der Waals surface area contributed by atoms with Gasteiger partial charge in [0.15, 0.2) is 0 Å². The van der Waals surface area contributed by atoms with Crippen molar-refractivity contribution in [2.24, 2.45) is 5.73 Å². The number of nitrogens with two attached hydrogens (primary N) is 1. The van der Waals surface area contributed by atoms with Crippen LogP contribution < -0.4 is 11.1 Å². The molecule has 0 fully saturated rings. The summed E-state index contributed by atoms with van der Waals surface area (Å²) in [6, 6.07) is 14.9. The number of benzene rings is 2. The quantitative estimate of drug-likeness (QED) is 0.683. The Kier molecular flexibility index (Phi) is 7.49. The Labute approximate surface area is 154 Å². The fourth-order valence-corrected chi connectivity index (χ4v) is 3.65. The third-order valence-electron chi connectivity index (χ3n) is 2.92. The smallest absolute Gasteiger partial charge is 0.234 e. The minimum Gasteiger partial charge on any atom is -0.369 e. The number of carbonyl (C=O) groups is 2. The van der Waals surface area contributed by atoms with E-state index < -0.39 is 5.91 Å².